The van der Waals surface area contributed by atoms with Gasteiger partial charge in [-0.3, -0.25) is 10.1 Å². The molecule has 2 aromatic rings. The van der Waals surface area contributed by atoms with Crippen molar-refractivity contribution in [3.8, 4) is 11.8 Å². The quantitative estimate of drug-likeness (QED) is 0.681. The fourth-order valence-corrected chi connectivity index (χ4v) is 5.15. The number of hydrogen-bond acceptors (Lipinski definition) is 5. The molecule has 0 saturated heterocycles. The van der Waals surface area contributed by atoms with Gasteiger partial charge in [-0.15, -0.1) is 11.3 Å². The van der Waals surface area contributed by atoms with Gasteiger partial charge in [0.1, 0.15) is 16.8 Å². The predicted molar refractivity (Wildman–Crippen MR) is 121 cm³/mol. The van der Waals surface area contributed by atoms with Gasteiger partial charge in [-0.2, -0.15) is 5.26 Å². The van der Waals surface area contributed by atoms with Crippen LogP contribution in [0.2, 0.25) is 0 Å². The molecule has 5 nitrogen and oxygen atoms in total. The lowest BCUT2D eigenvalue weighted by Crippen LogP contribution is -2.34. The van der Waals surface area contributed by atoms with Crippen molar-refractivity contribution in [2.75, 3.05) is 12.4 Å². The maximum atomic E-state index is 12.5. The first kappa shape index (κ1) is 21.3. The summed E-state index contributed by atoms with van der Waals surface area (Å²) in [6.07, 6.45) is 2.96. The zero-order valence-electron chi connectivity index (χ0n) is 17.1. The molecule has 1 aromatic carbocycles. The minimum atomic E-state index is -0.325. The van der Waals surface area contributed by atoms with Crippen LogP contribution in [-0.2, 0) is 12.8 Å². The minimum Gasteiger partial charge on any atom is -0.497 e. The van der Waals surface area contributed by atoms with E-state index in [1.165, 1.54) is 4.88 Å². The Balaban J connectivity index is 1.73. The number of thiocarbonyl (C=S) groups is 1. The highest BCUT2D eigenvalue weighted by atomic mass is 32.1. The Labute approximate surface area is 181 Å². The van der Waals surface area contributed by atoms with Gasteiger partial charge in [0, 0.05) is 10.4 Å². The number of benzene rings is 1. The maximum Gasteiger partial charge on any atom is 0.257 e. The van der Waals surface area contributed by atoms with Gasteiger partial charge in [0.05, 0.1) is 12.7 Å². The van der Waals surface area contributed by atoms with Crippen LogP contribution in [0.3, 0.4) is 0 Å². The smallest absolute Gasteiger partial charge is 0.257 e. The van der Waals surface area contributed by atoms with Gasteiger partial charge in [-0.25, -0.2) is 0 Å². The number of nitrogens with zero attached hydrogens (tertiary/aromatic N) is 1. The van der Waals surface area contributed by atoms with E-state index in [4.69, 9.17) is 17.0 Å². The lowest BCUT2D eigenvalue weighted by atomic mass is 9.72. The van der Waals surface area contributed by atoms with Crippen molar-refractivity contribution < 1.29 is 9.53 Å². The number of carbonyl (C=O) groups is 1. The van der Waals surface area contributed by atoms with Crippen molar-refractivity contribution in [2.24, 2.45) is 11.3 Å². The first-order valence-electron chi connectivity index (χ1n) is 9.54. The van der Waals surface area contributed by atoms with Crippen LogP contribution in [-0.4, -0.2) is 18.1 Å². The third-order valence-corrected chi connectivity index (χ3v) is 6.76. The second-order valence-corrected chi connectivity index (χ2v) is 9.78. The summed E-state index contributed by atoms with van der Waals surface area (Å²) in [5, 5.41) is 16.3. The molecule has 3 rings (SSSR count). The molecule has 29 heavy (non-hydrogen) atoms. The van der Waals surface area contributed by atoms with Gasteiger partial charge >= 0.3 is 0 Å². The molecule has 0 aliphatic heterocycles. The second kappa shape index (κ2) is 8.52. The number of nitriles is 1. The summed E-state index contributed by atoms with van der Waals surface area (Å²) < 4.78 is 5.15. The van der Waals surface area contributed by atoms with Gasteiger partial charge in [-0.05, 0) is 66.6 Å². The van der Waals surface area contributed by atoms with E-state index in [0.29, 0.717) is 27.8 Å². The number of ether oxygens (including phenoxy) is 1. The van der Waals surface area contributed by atoms with Crippen LogP contribution >= 0.6 is 23.6 Å². The third-order valence-electron chi connectivity index (χ3n) is 5.39. The Hall–Kier alpha value is -2.43. The number of thiophene rings is 1. The Morgan fingerprint density at radius 1 is 1.38 bits per heavy atom. The molecule has 1 atom stereocenters. The van der Waals surface area contributed by atoms with Crippen molar-refractivity contribution in [3.05, 3.63) is 45.8 Å². The molecule has 0 bridgehead atoms. The van der Waals surface area contributed by atoms with E-state index in [1.807, 2.05) is 0 Å². The second-order valence-electron chi connectivity index (χ2n) is 8.27. The summed E-state index contributed by atoms with van der Waals surface area (Å²) in [6, 6.07) is 9.18. The van der Waals surface area contributed by atoms with E-state index in [0.717, 1.165) is 24.8 Å². The van der Waals surface area contributed by atoms with Crippen molar-refractivity contribution in [1.82, 2.24) is 5.32 Å². The molecule has 1 heterocycles. The number of carbonyl (C=O) groups excluding carboxylic acids is 1. The Morgan fingerprint density at radius 3 is 2.79 bits per heavy atom. The van der Waals surface area contributed by atoms with E-state index in [2.05, 4.69) is 37.5 Å². The van der Waals surface area contributed by atoms with Gasteiger partial charge in [0.15, 0.2) is 5.11 Å². The maximum absolute atomic E-state index is 12.5. The lowest BCUT2D eigenvalue weighted by molar-refractivity contribution is 0.0977. The Kier molecular flexibility index (Phi) is 6.25. The zero-order chi connectivity index (χ0) is 21.2. The van der Waals surface area contributed by atoms with E-state index in [9.17, 15) is 10.1 Å². The van der Waals surface area contributed by atoms with Crippen LogP contribution in [0.15, 0.2) is 24.3 Å². The fourth-order valence-electron chi connectivity index (χ4n) is 3.61. The minimum absolute atomic E-state index is 0.181. The molecule has 1 aromatic heterocycles. The van der Waals surface area contributed by atoms with Gasteiger partial charge in [0.25, 0.3) is 5.91 Å². The SMILES string of the molecule is COc1cccc(C(=O)NC(=S)Nc2sc3c(c2C#N)CC[C@@H](C(C)(C)C)C3)c1. The topological polar surface area (TPSA) is 74.2 Å². The summed E-state index contributed by atoms with van der Waals surface area (Å²) in [5.74, 6) is 0.865. The molecule has 0 spiro atoms. The number of rotatable bonds is 3. The van der Waals surface area contributed by atoms with Gasteiger partial charge in [-0.1, -0.05) is 26.8 Å². The van der Waals surface area contributed by atoms with E-state index in [1.54, 1.807) is 42.7 Å². The predicted octanol–water partition coefficient (Wildman–Crippen LogP) is 4.91. The molecule has 152 valence electrons. The van der Waals surface area contributed by atoms with Crippen LogP contribution in [0.25, 0.3) is 0 Å². The molecule has 1 aliphatic rings. The number of nitrogens with one attached hydrogen (secondary N) is 2. The van der Waals surface area contributed by atoms with Gasteiger partial charge in [0.2, 0.25) is 0 Å². The first-order valence-corrected chi connectivity index (χ1v) is 10.8. The van der Waals surface area contributed by atoms with Crippen LogP contribution < -0.4 is 15.4 Å². The van der Waals surface area contributed by atoms with E-state index < -0.39 is 0 Å². The number of amides is 1. The molecule has 1 amide bonds. The average molecular weight is 428 g/mol. The molecule has 0 unspecified atom stereocenters. The molecule has 7 heteroatoms. The zero-order valence-corrected chi connectivity index (χ0v) is 18.7. The molecular weight excluding hydrogens is 402 g/mol. The van der Waals surface area contributed by atoms with Crippen LogP contribution in [0, 0.1) is 22.7 Å². The summed E-state index contributed by atoms with van der Waals surface area (Å²) >= 11 is 6.90. The number of fused-ring (bicyclic) bond motifs is 1. The van der Waals surface area contributed by atoms with Gasteiger partial charge < -0.3 is 10.1 Å². The average Bonchev–Trinajstić information content (AvgIpc) is 3.03. The van der Waals surface area contributed by atoms with Crippen molar-refractivity contribution in [3.63, 3.8) is 0 Å². The van der Waals surface area contributed by atoms with Crippen LogP contribution in [0.5, 0.6) is 5.75 Å². The summed E-state index contributed by atoms with van der Waals surface area (Å²) in [4.78, 5) is 13.7. The van der Waals surface area contributed by atoms with Crippen molar-refractivity contribution in [1.29, 1.82) is 5.26 Å². The van der Waals surface area contributed by atoms with Crippen LogP contribution in [0.4, 0.5) is 5.00 Å². The molecule has 0 fully saturated rings. The highest BCUT2D eigenvalue weighted by Gasteiger charge is 2.32. The first-order chi connectivity index (χ1) is 13.7. The normalized spacial score (nSPS) is 15.8. The molecule has 0 saturated carbocycles. The molecule has 1 aliphatic carbocycles. The van der Waals surface area contributed by atoms with E-state index >= 15 is 0 Å². The Morgan fingerprint density at radius 2 is 2.14 bits per heavy atom. The molecule has 0 radical (unpaired) electrons. The fraction of sp³-hybridized carbons (Fsp3) is 0.409. The van der Waals surface area contributed by atoms with Crippen molar-refractivity contribution in [2.45, 2.75) is 40.0 Å². The van der Waals surface area contributed by atoms with E-state index in [-0.39, 0.29) is 16.4 Å². The lowest BCUT2D eigenvalue weighted by Gasteiger charge is -2.33. The molecular formula is C22H25N3O2S2. The monoisotopic (exact) mass is 427 g/mol. The summed E-state index contributed by atoms with van der Waals surface area (Å²) in [5.41, 5.74) is 2.47. The highest BCUT2D eigenvalue weighted by molar-refractivity contribution is 7.80. The third kappa shape index (κ3) is 4.77. The number of anilines is 1. The van der Waals surface area contributed by atoms with Crippen molar-refractivity contribution >= 4 is 39.6 Å². The number of methoxy groups -OCH3 is 1. The number of hydrogen-bond donors (Lipinski definition) is 2. The molecule has 2 N–H and O–H groups in total. The standard InChI is InChI=1S/C22H25N3O2S2/c1-22(2,3)14-8-9-16-17(12-23)20(29-18(16)11-14)25-21(28)24-19(26)13-6-5-7-15(10-13)27-4/h5-7,10,14H,8-9,11H2,1-4H3,(H2,24,25,26,28)/t14-/m1/s1. The summed E-state index contributed by atoms with van der Waals surface area (Å²) in [6.45, 7) is 6.80. The Bertz CT molecular complexity index is 983. The largest absolute Gasteiger partial charge is 0.497 e. The van der Waals surface area contributed by atoms with Crippen LogP contribution in [0.1, 0.15) is 53.6 Å². The summed E-state index contributed by atoms with van der Waals surface area (Å²) in [7, 11) is 1.55. The highest BCUT2D eigenvalue weighted by Crippen LogP contribution is 2.43.